The molecule has 21 heavy (non-hydrogen) atoms. The van der Waals surface area contributed by atoms with Crippen LogP contribution < -0.4 is 10.1 Å². The molecule has 0 unspecified atom stereocenters. The van der Waals surface area contributed by atoms with Crippen LogP contribution in [0.2, 0.25) is 0 Å². The monoisotopic (exact) mass is 288 g/mol. The molecule has 110 valence electrons. The zero-order valence-electron chi connectivity index (χ0n) is 11.5. The maximum atomic E-state index is 10.9. The van der Waals surface area contributed by atoms with Crippen LogP contribution in [-0.4, -0.2) is 34.3 Å². The number of aryl methyl sites for hydroxylation is 1. The standard InChI is InChI=1S/C15H16N2O4/c1-10-3-2-4-14(17-10)21-8-7-16-11-5-6-13(18)12(9-11)15(19)20/h2-6,9,16,18H,7-8H2,1H3,(H,19,20). The van der Waals surface area contributed by atoms with Gasteiger partial charge in [-0.15, -0.1) is 0 Å². The smallest absolute Gasteiger partial charge is 0.339 e. The van der Waals surface area contributed by atoms with Gasteiger partial charge in [-0.2, -0.15) is 0 Å². The largest absolute Gasteiger partial charge is 0.507 e. The van der Waals surface area contributed by atoms with E-state index in [2.05, 4.69) is 10.3 Å². The van der Waals surface area contributed by atoms with Gasteiger partial charge in [0.15, 0.2) is 0 Å². The number of nitrogens with one attached hydrogen (secondary N) is 1. The van der Waals surface area contributed by atoms with E-state index in [1.807, 2.05) is 19.1 Å². The second kappa shape index (κ2) is 6.60. The van der Waals surface area contributed by atoms with Gasteiger partial charge in [0.1, 0.15) is 17.9 Å². The Labute approximate surface area is 122 Å². The van der Waals surface area contributed by atoms with Gasteiger partial charge in [-0.1, -0.05) is 6.07 Å². The first-order valence-corrected chi connectivity index (χ1v) is 6.43. The van der Waals surface area contributed by atoms with Crippen molar-refractivity contribution in [1.29, 1.82) is 0 Å². The highest BCUT2D eigenvalue weighted by molar-refractivity contribution is 5.91. The summed E-state index contributed by atoms with van der Waals surface area (Å²) in [4.78, 5) is 15.1. The Kier molecular flexibility index (Phi) is 4.61. The lowest BCUT2D eigenvalue weighted by atomic mass is 10.2. The molecule has 2 rings (SSSR count). The van der Waals surface area contributed by atoms with Crippen LogP contribution in [0.1, 0.15) is 16.1 Å². The number of ether oxygens (including phenoxy) is 1. The second-order valence-corrected chi connectivity index (χ2v) is 4.43. The lowest BCUT2D eigenvalue weighted by molar-refractivity contribution is 0.0694. The molecule has 0 aliphatic rings. The SMILES string of the molecule is Cc1cccc(OCCNc2ccc(O)c(C(=O)O)c2)n1. The van der Waals surface area contributed by atoms with E-state index in [1.54, 1.807) is 12.1 Å². The lowest BCUT2D eigenvalue weighted by Gasteiger charge is -2.09. The number of aromatic nitrogens is 1. The summed E-state index contributed by atoms with van der Waals surface area (Å²) in [6.45, 7) is 2.76. The van der Waals surface area contributed by atoms with Crippen molar-refractivity contribution in [3.05, 3.63) is 47.7 Å². The van der Waals surface area contributed by atoms with Crippen LogP contribution in [0, 0.1) is 6.92 Å². The Morgan fingerprint density at radius 3 is 2.86 bits per heavy atom. The first-order chi connectivity index (χ1) is 10.1. The van der Waals surface area contributed by atoms with E-state index in [1.165, 1.54) is 12.1 Å². The highest BCUT2D eigenvalue weighted by Crippen LogP contribution is 2.21. The second-order valence-electron chi connectivity index (χ2n) is 4.43. The molecule has 6 nitrogen and oxygen atoms in total. The van der Waals surface area contributed by atoms with Crippen LogP contribution in [0.4, 0.5) is 5.69 Å². The Hall–Kier alpha value is -2.76. The lowest BCUT2D eigenvalue weighted by Crippen LogP contribution is -2.12. The third-order valence-electron chi connectivity index (χ3n) is 2.77. The molecule has 1 aromatic heterocycles. The van der Waals surface area contributed by atoms with Crippen molar-refractivity contribution in [3.8, 4) is 11.6 Å². The molecule has 0 saturated carbocycles. The van der Waals surface area contributed by atoms with Gasteiger partial charge < -0.3 is 20.3 Å². The molecule has 2 aromatic rings. The highest BCUT2D eigenvalue weighted by atomic mass is 16.5. The van der Waals surface area contributed by atoms with Crippen LogP contribution in [0.5, 0.6) is 11.6 Å². The van der Waals surface area contributed by atoms with E-state index in [0.29, 0.717) is 24.7 Å². The number of benzene rings is 1. The summed E-state index contributed by atoms with van der Waals surface area (Å²) in [5, 5.41) is 21.4. The number of phenols is 1. The van der Waals surface area contributed by atoms with Crippen molar-refractivity contribution in [3.63, 3.8) is 0 Å². The first kappa shape index (κ1) is 14.6. The number of hydrogen-bond donors (Lipinski definition) is 3. The Morgan fingerprint density at radius 1 is 1.33 bits per heavy atom. The number of aromatic carboxylic acids is 1. The molecule has 0 saturated heterocycles. The van der Waals surface area contributed by atoms with E-state index < -0.39 is 5.97 Å². The molecule has 0 aliphatic heterocycles. The van der Waals surface area contributed by atoms with E-state index in [9.17, 15) is 9.90 Å². The molecule has 0 amide bonds. The van der Waals surface area contributed by atoms with E-state index in [0.717, 1.165) is 5.69 Å². The minimum Gasteiger partial charge on any atom is -0.507 e. The van der Waals surface area contributed by atoms with Crippen molar-refractivity contribution in [2.75, 3.05) is 18.5 Å². The van der Waals surface area contributed by atoms with E-state index in [-0.39, 0.29) is 11.3 Å². The normalized spacial score (nSPS) is 10.1. The van der Waals surface area contributed by atoms with E-state index in [4.69, 9.17) is 9.84 Å². The molecule has 0 atom stereocenters. The van der Waals surface area contributed by atoms with Gasteiger partial charge in [-0.25, -0.2) is 9.78 Å². The summed E-state index contributed by atoms with van der Waals surface area (Å²) < 4.78 is 5.47. The number of pyridine rings is 1. The van der Waals surface area contributed by atoms with Gasteiger partial charge in [-0.3, -0.25) is 0 Å². The number of rotatable bonds is 6. The average molecular weight is 288 g/mol. The van der Waals surface area contributed by atoms with Gasteiger partial charge in [0.25, 0.3) is 0 Å². The number of carboxylic acid groups (broad SMARTS) is 1. The summed E-state index contributed by atoms with van der Waals surface area (Å²) in [5.74, 6) is -0.877. The van der Waals surface area contributed by atoms with Crippen LogP contribution in [0.15, 0.2) is 36.4 Å². The Balaban J connectivity index is 1.86. The molecule has 1 heterocycles. The van der Waals surface area contributed by atoms with E-state index >= 15 is 0 Å². The summed E-state index contributed by atoms with van der Waals surface area (Å²) in [5.41, 5.74) is 1.34. The summed E-state index contributed by atoms with van der Waals surface area (Å²) in [6.07, 6.45) is 0. The number of anilines is 1. The zero-order chi connectivity index (χ0) is 15.2. The number of carbonyl (C=O) groups is 1. The van der Waals surface area contributed by atoms with Gasteiger partial charge in [-0.05, 0) is 31.2 Å². The molecule has 0 radical (unpaired) electrons. The van der Waals surface area contributed by atoms with Crippen molar-refractivity contribution >= 4 is 11.7 Å². The maximum absolute atomic E-state index is 10.9. The maximum Gasteiger partial charge on any atom is 0.339 e. The molecule has 1 aromatic carbocycles. The minimum absolute atomic E-state index is 0.138. The molecule has 0 fully saturated rings. The molecule has 6 heteroatoms. The molecule has 0 bridgehead atoms. The quantitative estimate of drug-likeness (QED) is 0.558. The predicted octanol–water partition coefficient (Wildman–Crippen LogP) is 2.28. The van der Waals surface area contributed by atoms with Crippen molar-refractivity contribution in [2.24, 2.45) is 0 Å². The van der Waals surface area contributed by atoms with Gasteiger partial charge in [0.05, 0.1) is 0 Å². The number of hydrogen-bond acceptors (Lipinski definition) is 5. The third-order valence-corrected chi connectivity index (χ3v) is 2.77. The number of carboxylic acids is 1. The number of aromatic hydroxyl groups is 1. The molecule has 0 aliphatic carbocycles. The van der Waals surface area contributed by atoms with Crippen LogP contribution in [-0.2, 0) is 0 Å². The van der Waals surface area contributed by atoms with Crippen LogP contribution >= 0.6 is 0 Å². The Morgan fingerprint density at radius 2 is 2.14 bits per heavy atom. The topological polar surface area (TPSA) is 91.7 Å². The van der Waals surface area contributed by atoms with Crippen LogP contribution in [0.3, 0.4) is 0 Å². The van der Waals surface area contributed by atoms with Crippen molar-refractivity contribution in [2.45, 2.75) is 6.92 Å². The van der Waals surface area contributed by atoms with Crippen molar-refractivity contribution < 1.29 is 19.7 Å². The summed E-state index contributed by atoms with van der Waals surface area (Å²) in [7, 11) is 0. The molecular formula is C15H16N2O4. The van der Waals surface area contributed by atoms with Crippen molar-refractivity contribution in [1.82, 2.24) is 4.98 Å². The first-order valence-electron chi connectivity index (χ1n) is 6.43. The highest BCUT2D eigenvalue weighted by Gasteiger charge is 2.09. The number of nitrogens with zero attached hydrogens (tertiary/aromatic N) is 1. The van der Waals surface area contributed by atoms with Gasteiger partial charge >= 0.3 is 5.97 Å². The summed E-state index contributed by atoms with van der Waals surface area (Å²) in [6, 6.07) is 9.85. The fraction of sp³-hybridized carbons (Fsp3) is 0.200. The molecule has 3 N–H and O–H groups in total. The minimum atomic E-state index is -1.17. The average Bonchev–Trinajstić information content (AvgIpc) is 2.45. The molecular weight excluding hydrogens is 272 g/mol. The molecule has 0 spiro atoms. The fourth-order valence-electron chi connectivity index (χ4n) is 1.77. The Bertz CT molecular complexity index is 643. The third kappa shape index (κ3) is 4.10. The van der Waals surface area contributed by atoms with Crippen LogP contribution in [0.25, 0.3) is 0 Å². The zero-order valence-corrected chi connectivity index (χ0v) is 11.5. The summed E-state index contributed by atoms with van der Waals surface area (Å²) >= 11 is 0. The van der Waals surface area contributed by atoms with Gasteiger partial charge in [0, 0.05) is 24.0 Å². The predicted molar refractivity (Wildman–Crippen MR) is 78.0 cm³/mol. The fourth-order valence-corrected chi connectivity index (χ4v) is 1.77. The van der Waals surface area contributed by atoms with Gasteiger partial charge in [0.2, 0.25) is 5.88 Å².